The van der Waals surface area contributed by atoms with Crippen molar-refractivity contribution in [2.45, 2.75) is 0 Å². The van der Waals surface area contributed by atoms with Crippen LogP contribution in [0, 0.1) is 0 Å². The highest BCUT2D eigenvalue weighted by Crippen LogP contribution is 2.19. The monoisotopic (exact) mass is 178 g/mol. The van der Waals surface area contributed by atoms with Gasteiger partial charge in [0.1, 0.15) is 5.82 Å². The van der Waals surface area contributed by atoms with Crippen molar-refractivity contribution in [1.29, 1.82) is 0 Å². The van der Waals surface area contributed by atoms with Gasteiger partial charge in [0.15, 0.2) is 5.58 Å². The summed E-state index contributed by atoms with van der Waals surface area (Å²) in [5.41, 5.74) is 5.83. The number of fused-ring (bicyclic) bond motifs is 1. The number of anilines is 1. The number of nitrogens with zero attached hydrogens (tertiary/aromatic N) is 1. The zero-order valence-corrected chi connectivity index (χ0v) is 6.52. The molecule has 2 heterocycles. The Balaban J connectivity index is 2.68. The van der Waals surface area contributed by atoms with Crippen LogP contribution in [-0.2, 0) is 0 Å². The molecule has 0 radical (unpaired) electrons. The van der Waals surface area contributed by atoms with E-state index in [1.54, 1.807) is 6.07 Å². The minimum Gasteiger partial charge on any atom is -0.475 e. The number of furan rings is 1. The lowest BCUT2D eigenvalue weighted by atomic mass is 10.3. The average molecular weight is 178 g/mol. The maximum atomic E-state index is 10.5. The normalized spacial score (nSPS) is 10.5. The molecule has 0 fully saturated rings. The Morgan fingerprint density at radius 2 is 2.31 bits per heavy atom. The maximum Gasteiger partial charge on any atom is 0.371 e. The van der Waals surface area contributed by atoms with Crippen molar-refractivity contribution in [3.63, 3.8) is 0 Å². The van der Waals surface area contributed by atoms with Gasteiger partial charge in [0.25, 0.3) is 0 Å². The van der Waals surface area contributed by atoms with E-state index in [0.29, 0.717) is 16.8 Å². The van der Waals surface area contributed by atoms with Gasteiger partial charge in [0.05, 0.1) is 6.20 Å². The SMILES string of the molecule is Nc1cc2cc(C(=O)O)oc2cn1. The summed E-state index contributed by atoms with van der Waals surface area (Å²) in [7, 11) is 0. The molecule has 0 aliphatic rings. The molecule has 5 nitrogen and oxygen atoms in total. The van der Waals surface area contributed by atoms with Gasteiger partial charge in [0.2, 0.25) is 5.76 Å². The predicted octanol–water partition coefficient (Wildman–Crippen LogP) is 1.11. The standard InChI is InChI=1S/C8H6N2O3/c9-7-2-4-1-5(8(11)12)13-6(4)3-10-7/h1-3H,(H2,9,10)(H,11,12). The fourth-order valence-electron chi connectivity index (χ4n) is 1.07. The van der Waals surface area contributed by atoms with Gasteiger partial charge >= 0.3 is 5.97 Å². The number of hydrogen-bond donors (Lipinski definition) is 2. The van der Waals surface area contributed by atoms with Crippen LogP contribution in [0.5, 0.6) is 0 Å². The largest absolute Gasteiger partial charge is 0.475 e. The van der Waals surface area contributed by atoms with E-state index in [4.69, 9.17) is 15.3 Å². The van der Waals surface area contributed by atoms with Crippen LogP contribution in [0.1, 0.15) is 10.6 Å². The van der Waals surface area contributed by atoms with Crippen molar-refractivity contribution in [1.82, 2.24) is 4.98 Å². The van der Waals surface area contributed by atoms with Gasteiger partial charge in [-0.15, -0.1) is 0 Å². The van der Waals surface area contributed by atoms with Crippen molar-refractivity contribution < 1.29 is 14.3 Å². The topological polar surface area (TPSA) is 89.4 Å². The van der Waals surface area contributed by atoms with E-state index in [9.17, 15) is 4.79 Å². The van der Waals surface area contributed by atoms with Gasteiger partial charge in [-0.3, -0.25) is 0 Å². The van der Waals surface area contributed by atoms with E-state index in [1.165, 1.54) is 12.3 Å². The molecule has 0 unspecified atom stereocenters. The molecular weight excluding hydrogens is 172 g/mol. The predicted molar refractivity (Wildman–Crippen MR) is 45.4 cm³/mol. The summed E-state index contributed by atoms with van der Waals surface area (Å²) in [6, 6.07) is 2.97. The van der Waals surface area contributed by atoms with Gasteiger partial charge in [-0.1, -0.05) is 0 Å². The van der Waals surface area contributed by atoms with Gasteiger partial charge < -0.3 is 15.3 Å². The molecule has 2 rings (SSSR count). The Bertz CT molecular complexity index is 475. The fraction of sp³-hybridized carbons (Fsp3) is 0. The number of aromatic nitrogens is 1. The molecule has 2 aromatic heterocycles. The number of carbonyl (C=O) groups is 1. The van der Waals surface area contributed by atoms with E-state index < -0.39 is 5.97 Å². The second kappa shape index (κ2) is 2.48. The number of pyridine rings is 1. The van der Waals surface area contributed by atoms with E-state index in [2.05, 4.69) is 4.98 Å². The highest BCUT2D eigenvalue weighted by Gasteiger charge is 2.10. The van der Waals surface area contributed by atoms with E-state index in [0.717, 1.165) is 0 Å². The Kier molecular flexibility index (Phi) is 1.45. The summed E-state index contributed by atoms with van der Waals surface area (Å²) in [6.07, 6.45) is 1.40. The molecule has 5 heteroatoms. The Morgan fingerprint density at radius 3 is 3.00 bits per heavy atom. The van der Waals surface area contributed by atoms with Gasteiger partial charge in [-0.05, 0) is 12.1 Å². The Hall–Kier alpha value is -2.04. The van der Waals surface area contributed by atoms with Crippen LogP contribution in [0.15, 0.2) is 22.7 Å². The lowest BCUT2D eigenvalue weighted by molar-refractivity contribution is 0.0665. The maximum absolute atomic E-state index is 10.5. The molecule has 0 saturated heterocycles. The van der Waals surface area contributed by atoms with Gasteiger partial charge in [-0.25, -0.2) is 9.78 Å². The minimum absolute atomic E-state index is 0.109. The van der Waals surface area contributed by atoms with Gasteiger partial charge in [-0.2, -0.15) is 0 Å². The zero-order chi connectivity index (χ0) is 9.42. The first kappa shape index (κ1) is 7.60. The van der Waals surface area contributed by atoms with E-state index in [-0.39, 0.29) is 5.76 Å². The second-order valence-corrected chi connectivity index (χ2v) is 2.56. The first-order valence-electron chi connectivity index (χ1n) is 3.55. The summed E-state index contributed by atoms with van der Waals surface area (Å²) in [6.45, 7) is 0. The molecule has 13 heavy (non-hydrogen) atoms. The molecule has 0 aliphatic carbocycles. The van der Waals surface area contributed by atoms with E-state index in [1.807, 2.05) is 0 Å². The molecule has 0 aliphatic heterocycles. The fourth-order valence-corrected chi connectivity index (χ4v) is 1.07. The van der Waals surface area contributed by atoms with Crippen molar-refractivity contribution in [3.05, 3.63) is 24.1 Å². The average Bonchev–Trinajstić information content (AvgIpc) is 2.46. The second-order valence-electron chi connectivity index (χ2n) is 2.56. The van der Waals surface area contributed by atoms with Crippen LogP contribution < -0.4 is 5.73 Å². The van der Waals surface area contributed by atoms with Crippen LogP contribution in [0.3, 0.4) is 0 Å². The summed E-state index contributed by atoms with van der Waals surface area (Å²) in [5.74, 6) is -0.873. The first-order chi connectivity index (χ1) is 6.16. The molecule has 0 atom stereocenters. The van der Waals surface area contributed by atoms with Crippen molar-refractivity contribution >= 4 is 22.8 Å². The molecular formula is C8H6N2O3. The third kappa shape index (κ3) is 1.20. The number of rotatable bonds is 1. The summed E-state index contributed by atoms with van der Waals surface area (Å²) in [5, 5.41) is 9.25. The molecule has 66 valence electrons. The quantitative estimate of drug-likeness (QED) is 0.682. The van der Waals surface area contributed by atoms with Crippen LogP contribution >= 0.6 is 0 Å². The smallest absolute Gasteiger partial charge is 0.371 e. The number of carboxylic acid groups (broad SMARTS) is 1. The van der Waals surface area contributed by atoms with Gasteiger partial charge in [0, 0.05) is 5.39 Å². The lowest BCUT2D eigenvalue weighted by Crippen LogP contribution is -1.91. The highest BCUT2D eigenvalue weighted by atomic mass is 16.4. The molecule has 0 saturated carbocycles. The molecule has 3 N–H and O–H groups in total. The molecule has 0 amide bonds. The third-order valence-electron chi connectivity index (χ3n) is 1.64. The summed E-state index contributed by atoms with van der Waals surface area (Å²) >= 11 is 0. The van der Waals surface area contributed by atoms with Crippen molar-refractivity contribution in [2.75, 3.05) is 5.73 Å². The molecule has 0 aromatic carbocycles. The number of hydrogen-bond acceptors (Lipinski definition) is 4. The lowest BCUT2D eigenvalue weighted by Gasteiger charge is -1.88. The molecule has 0 spiro atoms. The number of nitrogens with two attached hydrogens (primary N) is 1. The first-order valence-corrected chi connectivity index (χ1v) is 3.55. The van der Waals surface area contributed by atoms with E-state index >= 15 is 0 Å². The number of carboxylic acids is 1. The molecule has 2 aromatic rings. The van der Waals surface area contributed by atoms with Crippen LogP contribution in [0.25, 0.3) is 11.0 Å². The minimum atomic E-state index is -1.10. The van der Waals surface area contributed by atoms with Crippen LogP contribution in [0.4, 0.5) is 5.82 Å². The summed E-state index contributed by atoms with van der Waals surface area (Å²) in [4.78, 5) is 14.3. The van der Waals surface area contributed by atoms with Crippen molar-refractivity contribution in [3.8, 4) is 0 Å². The Labute approximate surface area is 72.8 Å². The van der Waals surface area contributed by atoms with Crippen LogP contribution in [-0.4, -0.2) is 16.1 Å². The number of nitrogen functional groups attached to an aromatic ring is 1. The number of aromatic carboxylic acids is 1. The summed E-state index contributed by atoms with van der Waals surface area (Å²) < 4.78 is 4.97. The highest BCUT2D eigenvalue weighted by molar-refractivity contribution is 5.91. The Morgan fingerprint density at radius 1 is 1.54 bits per heavy atom. The third-order valence-corrected chi connectivity index (χ3v) is 1.64. The molecule has 0 bridgehead atoms. The van der Waals surface area contributed by atoms with Crippen molar-refractivity contribution in [2.24, 2.45) is 0 Å². The zero-order valence-electron chi connectivity index (χ0n) is 6.52. The van der Waals surface area contributed by atoms with Crippen LogP contribution in [0.2, 0.25) is 0 Å².